The number of halogens is 1. The van der Waals surface area contributed by atoms with Gasteiger partial charge in [-0.2, -0.15) is 0 Å². The quantitative estimate of drug-likeness (QED) is 0.877. The molecular weight excluding hydrogens is 270 g/mol. The van der Waals surface area contributed by atoms with Crippen LogP contribution in [0.2, 0.25) is 0 Å². The van der Waals surface area contributed by atoms with Gasteiger partial charge in [0.15, 0.2) is 0 Å². The highest BCUT2D eigenvalue weighted by Gasteiger charge is 2.25. The summed E-state index contributed by atoms with van der Waals surface area (Å²) in [6.07, 6.45) is 2.31. The summed E-state index contributed by atoms with van der Waals surface area (Å²) in [5.41, 5.74) is 0.523. The van der Waals surface area contributed by atoms with Crippen LogP contribution in [0.15, 0.2) is 9.27 Å². The molecule has 0 radical (unpaired) electrons. The molecule has 1 aromatic heterocycles. The average molecular weight is 286 g/mol. The van der Waals surface area contributed by atoms with Crippen LogP contribution in [-0.4, -0.2) is 16.0 Å². The second-order valence-corrected chi connectivity index (χ2v) is 6.04. The van der Waals surface area contributed by atoms with Crippen molar-refractivity contribution in [2.45, 2.75) is 45.1 Å². The highest BCUT2D eigenvalue weighted by atomic mass is 79.9. The predicted octanol–water partition coefficient (Wildman–Crippen LogP) is 2.40. The predicted molar refractivity (Wildman–Crippen MR) is 67.9 cm³/mol. The van der Waals surface area contributed by atoms with E-state index in [1.54, 1.807) is 0 Å². The Morgan fingerprint density at radius 1 is 1.44 bits per heavy atom. The van der Waals surface area contributed by atoms with Gasteiger partial charge in [-0.1, -0.05) is 20.8 Å². The fourth-order valence-corrected chi connectivity index (χ4v) is 2.23. The largest absolute Gasteiger partial charge is 0.353 e. The van der Waals surface area contributed by atoms with Crippen LogP contribution in [-0.2, 0) is 5.41 Å². The van der Waals surface area contributed by atoms with E-state index >= 15 is 0 Å². The van der Waals surface area contributed by atoms with Crippen molar-refractivity contribution in [3.05, 3.63) is 20.5 Å². The molecule has 1 aliphatic rings. The SMILES string of the molecule is CC(C)(C)c1nc(NC2CC2)[nH]c(=O)c1Br. The summed E-state index contributed by atoms with van der Waals surface area (Å²) in [7, 11) is 0. The molecule has 1 aromatic rings. The molecule has 0 aliphatic heterocycles. The Balaban J connectivity index is 2.42. The van der Waals surface area contributed by atoms with E-state index in [2.05, 4.69) is 31.2 Å². The minimum Gasteiger partial charge on any atom is -0.353 e. The van der Waals surface area contributed by atoms with Gasteiger partial charge in [0.1, 0.15) is 4.47 Å². The van der Waals surface area contributed by atoms with E-state index in [9.17, 15) is 4.79 Å². The van der Waals surface area contributed by atoms with Gasteiger partial charge in [-0.3, -0.25) is 9.78 Å². The summed E-state index contributed by atoms with van der Waals surface area (Å²) >= 11 is 3.30. The van der Waals surface area contributed by atoms with Crippen molar-refractivity contribution in [1.82, 2.24) is 9.97 Å². The Bertz CT molecular complexity index is 457. The average Bonchev–Trinajstić information content (AvgIpc) is 2.93. The lowest BCUT2D eigenvalue weighted by molar-refractivity contribution is 0.562. The molecule has 1 aliphatic carbocycles. The second-order valence-electron chi connectivity index (χ2n) is 5.25. The third-order valence-electron chi connectivity index (χ3n) is 2.49. The van der Waals surface area contributed by atoms with Crippen molar-refractivity contribution < 1.29 is 0 Å². The zero-order valence-corrected chi connectivity index (χ0v) is 11.3. The van der Waals surface area contributed by atoms with Crippen molar-refractivity contribution in [3.63, 3.8) is 0 Å². The fourth-order valence-electron chi connectivity index (χ4n) is 1.45. The number of hydrogen-bond donors (Lipinski definition) is 2. The van der Waals surface area contributed by atoms with Crippen LogP contribution in [0.5, 0.6) is 0 Å². The van der Waals surface area contributed by atoms with Crippen LogP contribution in [0.4, 0.5) is 5.95 Å². The molecule has 0 amide bonds. The summed E-state index contributed by atoms with van der Waals surface area (Å²) in [6, 6.07) is 0.483. The summed E-state index contributed by atoms with van der Waals surface area (Å²) in [4.78, 5) is 18.9. The lowest BCUT2D eigenvalue weighted by Crippen LogP contribution is -2.23. The van der Waals surface area contributed by atoms with Crippen LogP contribution < -0.4 is 10.9 Å². The van der Waals surface area contributed by atoms with Crippen molar-refractivity contribution >= 4 is 21.9 Å². The Kier molecular flexibility index (Phi) is 2.82. The molecule has 2 rings (SSSR count). The molecule has 16 heavy (non-hydrogen) atoms. The molecular formula is C11H16BrN3O. The van der Waals surface area contributed by atoms with Gasteiger partial charge in [0.05, 0.1) is 5.69 Å². The van der Waals surface area contributed by atoms with Gasteiger partial charge >= 0.3 is 0 Å². The third kappa shape index (κ3) is 2.45. The number of aromatic nitrogens is 2. The van der Waals surface area contributed by atoms with E-state index in [0.717, 1.165) is 18.5 Å². The molecule has 5 heteroatoms. The Hall–Kier alpha value is -0.840. The fraction of sp³-hybridized carbons (Fsp3) is 0.636. The lowest BCUT2D eigenvalue weighted by atomic mass is 9.92. The molecule has 0 spiro atoms. The van der Waals surface area contributed by atoms with Gasteiger partial charge in [0, 0.05) is 11.5 Å². The molecule has 0 bridgehead atoms. The molecule has 0 unspecified atom stereocenters. The standard InChI is InChI=1S/C11H16BrN3O/c1-11(2,3)8-7(12)9(16)15-10(14-8)13-6-4-5-6/h6H,4-5H2,1-3H3,(H2,13,14,15,16). The monoisotopic (exact) mass is 285 g/mol. The van der Waals surface area contributed by atoms with E-state index < -0.39 is 0 Å². The molecule has 1 heterocycles. The van der Waals surface area contributed by atoms with Crippen LogP contribution >= 0.6 is 15.9 Å². The molecule has 1 fully saturated rings. The van der Waals surface area contributed by atoms with Crippen LogP contribution in [0, 0.1) is 0 Å². The topological polar surface area (TPSA) is 57.8 Å². The number of nitrogens with zero attached hydrogens (tertiary/aromatic N) is 1. The van der Waals surface area contributed by atoms with Crippen molar-refractivity contribution in [2.24, 2.45) is 0 Å². The molecule has 88 valence electrons. The maximum atomic E-state index is 11.7. The van der Waals surface area contributed by atoms with Crippen molar-refractivity contribution in [3.8, 4) is 0 Å². The lowest BCUT2D eigenvalue weighted by Gasteiger charge is -2.19. The van der Waals surface area contributed by atoms with E-state index in [1.807, 2.05) is 20.8 Å². The summed E-state index contributed by atoms with van der Waals surface area (Å²) in [6.45, 7) is 6.13. The molecule has 1 saturated carbocycles. The zero-order chi connectivity index (χ0) is 11.9. The van der Waals surface area contributed by atoms with Crippen molar-refractivity contribution in [2.75, 3.05) is 5.32 Å². The van der Waals surface area contributed by atoms with E-state index in [0.29, 0.717) is 16.5 Å². The molecule has 2 N–H and O–H groups in total. The molecule has 0 saturated heterocycles. The highest BCUT2D eigenvalue weighted by Crippen LogP contribution is 2.27. The first-order valence-electron chi connectivity index (χ1n) is 5.45. The smallest absolute Gasteiger partial charge is 0.266 e. The first-order valence-corrected chi connectivity index (χ1v) is 6.24. The number of hydrogen-bond acceptors (Lipinski definition) is 3. The third-order valence-corrected chi connectivity index (χ3v) is 3.23. The Morgan fingerprint density at radius 3 is 2.56 bits per heavy atom. The first-order chi connectivity index (χ1) is 7.38. The zero-order valence-electron chi connectivity index (χ0n) is 9.72. The number of rotatable bonds is 2. The van der Waals surface area contributed by atoms with Gasteiger partial charge in [-0.25, -0.2) is 4.98 Å². The Morgan fingerprint density at radius 2 is 2.06 bits per heavy atom. The summed E-state index contributed by atoms with van der Waals surface area (Å²) < 4.78 is 0.529. The summed E-state index contributed by atoms with van der Waals surface area (Å²) in [5, 5.41) is 3.21. The van der Waals surface area contributed by atoms with E-state index in [1.165, 1.54) is 0 Å². The Labute approximate surface area is 103 Å². The minimum atomic E-state index is -0.146. The normalized spacial score (nSPS) is 16.2. The van der Waals surface area contributed by atoms with Gasteiger partial charge in [-0.05, 0) is 28.8 Å². The maximum Gasteiger partial charge on any atom is 0.266 e. The second kappa shape index (κ2) is 3.87. The molecule has 4 nitrogen and oxygen atoms in total. The van der Waals surface area contributed by atoms with Gasteiger partial charge < -0.3 is 5.32 Å². The van der Waals surface area contributed by atoms with Gasteiger partial charge in [0.25, 0.3) is 5.56 Å². The van der Waals surface area contributed by atoms with Crippen LogP contribution in [0.25, 0.3) is 0 Å². The summed E-state index contributed by atoms with van der Waals surface area (Å²) in [5.74, 6) is 0.584. The maximum absolute atomic E-state index is 11.7. The first kappa shape index (κ1) is 11.6. The number of nitrogens with one attached hydrogen (secondary N) is 2. The van der Waals surface area contributed by atoms with Crippen LogP contribution in [0.3, 0.4) is 0 Å². The number of aromatic amines is 1. The van der Waals surface area contributed by atoms with Crippen LogP contribution in [0.1, 0.15) is 39.3 Å². The van der Waals surface area contributed by atoms with Gasteiger partial charge in [-0.15, -0.1) is 0 Å². The van der Waals surface area contributed by atoms with Crippen molar-refractivity contribution in [1.29, 1.82) is 0 Å². The molecule has 0 atom stereocenters. The van der Waals surface area contributed by atoms with E-state index in [4.69, 9.17) is 0 Å². The van der Waals surface area contributed by atoms with Gasteiger partial charge in [0.2, 0.25) is 5.95 Å². The number of H-pyrrole nitrogens is 1. The van der Waals surface area contributed by atoms with E-state index in [-0.39, 0.29) is 11.0 Å². The highest BCUT2D eigenvalue weighted by molar-refractivity contribution is 9.10. The molecule has 0 aromatic carbocycles. The minimum absolute atomic E-state index is 0.122. The number of anilines is 1.